The van der Waals surface area contributed by atoms with Gasteiger partial charge >= 0.3 is 17.9 Å². The minimum Gasteiger partial charge on any atom is -0.490 e. The van der Waals surface area contributed by atoms with Gasteiger partial charge in [0.15, 0.2) is 6.29 Å². The number of benzene rings is 1. The molecule has 0 saturated heterocycles. The van der Waals surface area contributed by atoms with Crippen molar-refractivity contribution < 1.29 is 58.9 Å². The third kappa shape index (κ3) is 24.2. The molecule has 1 atom stereocenters. The lowest BCUT2D eigenvalue weighted by molar-refractivity contribution is -0.167. The van der Waals surface area contributed by atoms with E-state index in [4.69, 9.17) is 39.7 Å². The number of carbonyl (C=O) groups excluding carboxylic acids is 2. The van der Waals surface area contributed by atoms with Gasteiger partial charge in [-0.3, -0.25) is 0 Å². The highest BCUT2D eigenvalue weighted by atomic mass is 16.7. The van der Waals surface area contributed by atoms with Crippen LogP contribution in [0, 0.1) is 5.41 Å². The Labute approximate surface area is 223 Å². The number of aliphatic hydroxyl groups is 4. The van der Waals surface area contributed by atoms with Crippen LogP contribution in [0.1, 0.15) is 13.8 Å². The first-order chi connectivity index (χ1) is 18.0. The van der Waals surface area contributed by atoms with Crippen molar-refractivity contribution in [1.82, 2.24) is 0 Å². The highest BCUT2D eigenvalue weighted by molar-refractivity contribution is 5.81. The molecule has 12 heteroatoms. The van der Waals surface area contributed by atoms with Crippen LogP contribution in [0.2, 0.25) is 0 Å². The van der Waals surface area contributed by atoms with Crippen molar-refractivity contribution in [2.24, 2.45) is 5.41 Å². The van der Waals surface area contributed by atoms with Gasteiger partial charge in [-0.15, -0.1) is 0 Å². The zero-order valence-corrected chi connectivity index (χ0v) is 21.9. The molecule has 12 nitrogen and oxygen atoms in total. The van der Waals surface area contributed by atoms with E-state index in [-0.39, 0.29) is 6.61 Å². The molecule has 1 unspecified atom stereocenters. The van der Waals surface area contributed by atoms with Crippen molar-refractivity contribution >= 4 is 17.9 Å². The lowest BCUT2D eigenvalue weighted by Gasteiger charge is -2.23. The second kappa shape index (κ2) is 26.5. The Kier molecular flexibility index (Phi) is 27.2. The second-order valence-electron chi connectivity index (χ2n) is 6.87. The van der Waals surface area contributed by atoms with Crippen LogP contribution in [0.4, 0.5) is 0 Å². The smallest absolute Gasteiger partial charge is 0.332 e. The number of ether oxygens (including phenoxy) is 4. The maximum absolute atomic E-state index is 10.6. The molecule has 1 rings (SSSR count). The number of esters is 2. The Morgan fingerprint density at radius 1 is 0.868 bits per heavy atom. The van der Waals surface area contributed by atoms with Gasteiger partial charge in [-0.1, -0.05) is 37.9 Å². The number of rotatable bonds is 14. The molecule has 38 heavy (non-hydrogen) atoms. The summed E-state index contributed by atoms with van der Waals surface area (Å²) in [6.45, 7) is 12.5. The summed E-state index contributed by atoms with van der Waals surface area (Å²) in [5.74, 6) is -1.10. The fourth-order valence-electron chi connectivity index (χ4n) is 1.66. The largest absolute Gasteiger partial charge is 0.490 e. The number of para-hydroxylation sites is 1. The summed E-state index contributed by atoms with van der Waals surface area (Å²) in [4.78, 5) is 30.4. The highest BCUT2D eigenvalue weighted by Gasteiger charge is 2.26. The van der Waals surface area contributed by atoms with E-state index in [0.717, 1.165) is 24.0 Å². The fourth-order valence-corrected chi connectivity index (χ4v) is 1.66. The van der Waals surface area contributed by atoms with Gasteiger partial charge in [0.05, 0.1) is 31.8 Å². The van der Waals surface area contributed by atoms with Crippen LogP contribution in [0.5, 0.6) is 5.75 Å². The quantitative estimate of drug-likeness (QED) is 0.0972. The van der Waals surface area contributed by atoms with E-state index in [1.807, 2.05) is 37.3 Å². The zero-order valence-electron chi connectivity index (χ0n) is 21.9. The number of carbonyl (C=O) groups is 3. The summed E-state index contributed by atoms with van der Waals surface area (Å²) in [5.41, 5.74) is -1.11. The molecular formula is C26H40O12. The van der Waals surface area contributed by atoms with E-state index in [1.165, 1.54) is 0 Å². The topological polar surface area (TPSA) is 189 Å². The van der Waals surface area contributed by atoms with E-state index >= 15 is 0 Å². The average molecular weight is 545 g/mol. The molecule has 0 bridgehead atoms. The highest BCUT2D eigenvalue weighted by Crippen LogP contribution is 2.12. The lowest BCUT2D eigenvalue weighted by Crippen LogP contribution is -2.37. The predicted molar refractivity (Wildman–Crippen MR) is 139 cm³/mol. The molecule has 0 fully saturated rings. The summed E-state index contributed by atoms with van der Waals surface area (Å²) in [6, 6.07) is 9.35. The first-order valence-corrected chi connectivity index (χ1v) is 11.3. The molecule has 0 aliphatic heterocycles. The van der Waals surface area contributed by atoms with Crippen LogP contribution in [-0.2, 0) is 28.6 Å². The predicted octanol–water partition coefficient (Wildman–Crippen LogP) is 1.09. The molecule has 216 valence electrons. The monoisotopic (exact) mass is 544 g/mol. The summed E-state index contributed by atoms with van der Waals surface area (Å²) >= 11 is 0. The summed E-state index contributed by atoms with van der Waals surface area (Å²) in [5, 5.41) is 41.6. The number of carboxylic acid groups (broad SMARTS) is 1. The van der Waals surface area contributed by atoms with Gasteiger partial charge in [-0.25, -0.2) is 14.4 Å². The molecule has 0 spiro atoms. The van der Waals surface area contributed by atoms with Crippen molar-refractivity contribution in [2.45, 2.75) is 20.1 Å². The first kappa shape index (κ1) is 39.0. The van der Waals surface area contributed by atoms with Gasteiger partial charge in [0, 0.05) is 24.8 Å². The number of aliphatic hydroxyl groups excluding tert-OH is 4. The number of carboxylic acids is 1. The molecule has 5 N–H and O–H groups in total. The van der Waals surface area contributed by atoms with Crippen LogP contribution in [-0.4, -0.2) is 96.0 Å². The Hall–Kier alpha value is -3.55. The lowest BCUT2D eigenvalue weighted by atomic mass is 9.93. The molecule has 0 saturated carbocycles. The maximum Gasteiger partial charge on any atom is 0.332 e. The van der Waals surface area contributed by atoms with Crippen LogP contribution in [0.25, 0.3) is 0 Å². The third-order valence-electron chi connectivity index (χ3n) is 3.87. The van der Waals surface area contributed by atoms with Gasteiger partial charge in [0.2, 0.25) is 0 Å². The molecule has 0 heterocycles. The van der Waals surface area contributed by atoms with Crippen molar-refractivity contribution in [3.05, 3.63) is 68.3 Å². The normalized spacial score (nSPS) is 10.3. The molecule has 0 aliphatic rings. The van der Waals surface area contributed by atoms with Crippen molar-refractivity contribution in [3.63, 3.8) is 0 Å². The van der Waals surface area contributed by atoms with E-state index in [9.17, 15) is 14.4 Å². The summed E-state index contributed by atoms with van der Waals surface area (Å²) in [7, 11) is 0. The SMILES string of the molecule is C=CC(=O)O.C=CC(=O)OC(C)OCC.C=CC(=O)OCCOc1ccccc1.OCC(CO)(CO)CO. The molecule has 1 aromatic carbocycles. The van der Waals surface area contributed by atoms with Crippen LogP contribution < -0.4 is 4.74 Å². The van der Waals surface area contributed by atoms with Crippen LogP contribution >= 0.6 is 0 Å². The Morgan fingerprint density at radius 3 is 1.68 bits per heavy atom. The fraction of sp³-hybridized carbons (Fsp3) is 0.423. The van der Waals surface area contributed by atoms with E-state index in [0.29, 0.717) is 13.2 Å². The van der Waals surface area contributed by atoms with Gasteiger partial charge < -0.3 is 44.5 Å². The average Bonchev–Trinajstić information content (AvgIpc) is 2.94. The van der Waals surface area contributed by atoms with Crippen molar-refractivity contribution in [3.8, 4) is 5.75 Å². The van der Waals surface area contributed by atoms with Gasteiger partial charge in [0.25, 0.3) is 0 Å². The minimum atomic E-state index is -1.11. The van der Waals surface area contributed by atoms with E-state index in [2.05, 4.69) is 24.5 Å². The molecule has 0 aliphatic carbocycles. The number of aliphatic carboxylic acids is 1. The van der Waals surface area contributed by atoms with Crippen molar-refractivity contribution in [1.29, 1.82) is 0 Å². The minimum absolute atomic E-state index is 0.236. The molecule has 0 aromatic heterocycles. The first-order valence-electron chi connectivity index (χ1n) is 11.3. The van der Waals surface area contributed by atoms with E-state index < -0.39 is 56.0 Å². The molecular weight excluding hydrogens is 504 g/mol. The number of hydrogen-bond donors (Lipinski definition) is 5. The van der Waals surface area contributed by atoms with Crippen molar-refractivity contribution in [2.75, 3.05) is 46.2 Å². The maximum atomic E-state index is 10.6. The van der Waals surface area contributed by atoms with Crippen LogP contribution in [0.3, 0.4) is 0 Å². The second-order valence-corrected chi connectivity index (χ2v) is 6.87. The zero-order chi connectivity index (χ0) is 29.8. The standard InChI is InChI=1S/C11H12O3.C7H12O3.C5H12O4.C3H4O2/c1-2-11(12)14-9-8-13-10-6-4-3-5-7-10;1-4-7(8)10-6(3)9-5-2;6-1-5(2-7,3-8)4-9;1-2-3(4)5/h2-7H,1,8-9H2;4,6H,1,5H2,2-3H3;6-9H,1-4H2;2H,1H2,(H,4,5). The Balaban J connectivity index is -0.000000456. The number of hydrogen-bond acceptors (Lipinski definition) is 11. The van der Waals surface area contributed by atoms with Gasteiger partial charge in [0.1, 0.15) is 19.0 Å². The van der Waals surface area contributed by atoms with E-state index in [1.54, 1.807) is 6.92 Å². The molecule has 0 amide bonds. The summed E-state index contributed by atoms with van der Waals surface area (Å²) in [6.07, 6.45) is 2.59. The van der Waals surface area contributed by atoms with Gasteiger partial charge in [-0.2, -0.15) is 0 Å². The molecule has 1 aromatic rings. The van der Waals surface area contributed by atoms with Crippen LogP contribution in [0.15, 0.2) is 68.3 Å². The van der Waals surface area contributed by atoms with Gasteiger partial charge in [-0.05, 0) is 26.0 Å². The molecule has 0 radical (unpaired) electrons. The third-order valence-corrected chi connectivity index (χ3v) is 3.87. The Morgan fingerprint density at radius 2 is 1.34 bits per heavy atom. The Bertz CT molecular complexity index is 758. The summed E-state index contributed by atoms with van der Waals surface area (Å²) < 4.78 is 19.6.